The van der Waals surface area contributed by atoms with E-state index in [1.165, 1.54) is 11.3 Å². The maximum absolute atomic E-state index is 14.0. The summed E-state index contributed by atoms with van der Waals surface area (Å²) < 4.78 is 26.5. The van der Waals surface area contributed by atoms with E-state index in [4.69, 9.17) is 18.9 Å². The number of halogens is 2. The van der Waals surface area contributed by atoms with Crippen molar-refractivity contribution in [3.8, 4) is 17.2 Å². The molecule has 0 spiro atoms. The summed E-state index contributed by atoms with van der Waals surface area (Å²) in [7, 11) is 3.17. The van der Waals surface area contributed by atoms with Crippen molar-refractivity contribution in [2.24, 2.45) is 4.99 Å². The van der Waals surface area contributed by atoms with Gasteiger partial charge in [-0.15, -0.1) is 0 Å². The van der Waals surface area contributed by atoms with Gasteiger partial charge in [-0.25, -0.2) is 9.79 Å². The molecule has 1 aliphatic rings. The van der Waals surface area contributed by atoms with Gasteiger partial charge in [0.1, 0.15) is 5.75 Å². The van der Waals surface area contributed by atoms with Crippen LogP contribution in [0.5, 0.6) is 17.2 Å². The number of rotatable bonds is 8. The maximum atomic E-state index is 14.0. The number of ether oxygens (including phenoxy) is 4. The molecule has 0 N–H and O–H groups in total. The first-order valence-corrected chi connectivity index (χ1v) is 15.1. The highest BCUT2D eigenvalue weighted by molar-refractivity contribution is 14.1. The van der Waals surface area contributed by atoms with E-state index in [9.17, 15) is 9.59 Å². The summed E-state index contributed by atoms with van der Waals surface area (Å²) in [5, 5.41) is 0. The van der Waals surface area contributed by atoms with Crippen LogP contribution in [0, 0.1) is 7.14 Å². The molecule has 11 heteroatoms. The number of thiazole rings is 1. The molecular weight excluding hydrogens is 746 g/mol. The average molecular weight is 774 g/mol. The van der Waals surface area contributed by atoms with Crippen molar-refractivity contribution in [1.29, 1.82) is 0 Å². The maximum Gasteiger partial charge on any atom is 0.338 e. The molecule has 3 aromatic rings. The van der Waals surface area contributed by atoms with Crippen molar-refractivity contribution in [2.45, 2.75) is 39.8 Å². The third-order valence-corrected chi connectivity index (χ3v) is 8.32. The van der Waals surface area contributed by atoms with Crippen LogP contribution < -0.4 is 29.1 Å². The summed E-state index contributed by atoms with van der Waals surface area (Å²) in [4.78, 5) is 32.3. The molecule has 0 saturated heterocycles. The van der Waals surface area contributed by atoms with E-state index in [-0.39, 0.29) is 18.3 Å². The fourth-order valence-corrected chi connectivity index (χ4v) is 7.50. The second-order valence-electron chi connectivity index (χ2n) is 8.89. The fourth-order valence-electron chi connectivity index (χ4n) is 4.36. The Hall–Kier alpha value is -2.39. The van der Waals surface area contributed by atoms with Gasteiger partial charge in [0.15, 0.2) is 16.3 Å². The van der Waals surface area contributed by atoms with Crippen LogP contribution in [0.2, 0.25) is 0 Å². The Bertz CT molecular complexity index is 1640. The first kappa shape index (κ1) is 29.6. The normalized spacial score (nSPS) is 15.2. The smallest absolute Gasteiger partial charge is 0.338 e. The van der Waals surface area contributed by atoms with E-state index < -0.39 is 12.0 Å². The number of fused-ring (bicyclic) bond motifs is 1. The first-order valence-electron chi connectivity index (χ1n) is 12.2. The summed E-state index contributed by atoms with van der Waals surface area (Å²) in [6.45, 7) is 7.56. The number of hydrogen-bond acceptors (Lipinski definition) is 8. The molecule has 8 nitrogen and oxygen atoms in total. The highest BCUT2D eigenvalue weighted by Gasteiger charge is 2.34. The molecule has 1 atom stereocenters. The monoisotopic (exact) mass is 774 g/mol. The molecule has 1 aliphatic heterocycles. The van der Waals surface area contributed by atoms with Gasteiger partial charge in [0.25, 0.3) is 5.56 Å². The topological polar surface area (TPSA) is 88.4 Å². The van der Waals surface area contributed by atoms with Crippen molar-refractivity contribution < 1.29 is 23.7 Å². The molecule has 206 valence electrons. The van der Waals surface area contributed by atoms with Crippen LogP contribution >= 0.6 is 56.5 Å². The molecule has 0 radical (unpaired) electrons. The van der Waals surface area contributed by atoms with E-state index >= 15 is 0 Å². The summed E-state index contributed by atoms with van der Waals surface area (Å²) in [6, 6.07) is 8.63. The molecule has 0 saturated carbocycles. The van der Waals surface area contributed by atoms with Crippen molar-refractivity contribution >= 4 is 68.6 Å². The molecule has 0 fully saturated rings. The highest BCUT2D eigenvalue weighted by Crippen LogP contribution is 2.36. The zero-order chi connectivity index (χ0) is 28.4. The van der Waals surface area contributed by atoms with Crippen molar-refractivity contribution in [3.05, 3.63) is 79.6 Å². The average Bonchev–Trinajstić information content (AvgIpc) is 3.17. The number of hydrogen-bond donors (Lipinski definition) is 0. The van der Waals surface area contributed by atoms with Gasteiger partial charge < -0.3 is 18.9 Å². The molecular formula is C28H28I2N2O6S. The van der Waals surface area contributed by atoms with Crippen LogP contribution in [-0.4, -0.2) is 37.5 Å². The van der Waals surface area contributed by atoms with E-state index in [0.717, 1.165) is 12.7 Å². The minimum atomic E-state index is -0.762. The van der Waals surface area contributed by atoms with Crippen LogP contribution in [-0.2, 0) is 9.53 Å². The summed E-state index contributed by atoms with van der Waals surface area (Å²) in [5.74, 6) is 1.24. The van der Waals surface area contributed by atoms with Crippen molar-refractivity contribution in [3.63, 3.8) is 0 Å². The lowest BCUT2D eigenvalue weighted by Gasteiger charge is -2.25. The number of aromatic nitrogens is 1. The molecule has 0 unspecified atom stereocenters. The van der Waals surface area contributed by atoms with E-state index in [2.05, 4.69) is 50.2 Å². The first-order chi connectivity index (χ1) is 18.6. The Morgan fingerprint density at radius 1 is 1.15 bits per heavy atom. The highest BCUT2D eigenvalue weighted by atomic mass is 127. The van der Waals surface area contributed by atoms with Crippen molar-refractivity contribution in [2.75, 3.05) is 20.8 Å². The number of allylic oxidation sites excluding steroid dienone is 1. The van der Waals surface area contributed by atoms with Gasteiger partial charge in [-0.05, 0) is 109 Å². The van der Waals surface area contributed by atoms with Crippen LogP contribution in [0.1, 0.15) is 44.9 Å². The van der Waals surface area contributed by atoms with Crippen molar-refractivity contribution in [1.82, 2.24) is 4.57 Å². The predicted molar refractivity (Wildman–Crippen MR) is 168 cm³/mol. The molecule has 1 aromatic heterocycles. The molecule has 0 amide bonds. The molecule has 0 aliphatic carbocycles. The summed E-state index contributed by atoms with van der Waals surface area (Å²) in [5.41, 5.74) is 1.99. The largest absolute Gasteiger partial charge is 0.495 e. The van der Waals surface area contributed by atoms with E-state index in [1.807, 2.05) is 38.1 Å². The Morgan fingerprint density at radius 2 is 1.90 bits per heavy atom. The van der Waals surface area contributed by atoms with Crippen LogP contribution in [0.4, 0.5) is 0 Å². The fraction of sp³-hybridized carbons (Fsp3) is 0.321. The second kappa shape index (κ2) is 12.4. The standard InChI is InChI=1S/C28H28I2N2O6S/c1-7-37-27(34)23-15(4)31-28-32(24(23)16-8-9-20(38-14(2)3)21(11-16)35-5)26(33)22(39-28)12-17-10-18(29)13-19(30)25(17)36-6/h8-14,24H,7H2,1-6H3/b22-12+/t24-/m1/s1. The molecule has 2 heterocycles. The zero-order valence-electron chi connectivity index (χ0n) is 22.3. The summed E-state index contributed by atoms with van der Waals surface area (Å²) >= 11 is 5.72. The SMILES string of the molecule is CCOC(=O)C1=C(C)N=c2s/c(=C/c3cc(I)cc(I)c3OC)c(=O)n2[C@@H]1c1ccc(OC(C)C)c(OC)c1. The van der Waals surface area contributed by atoms with Gasteiger partial charge >= 0.3 is 5.97 Å². The minimum Gasteiger partial charge on any atom is -0.495 e. The Balaban J connectivity index is 1.98. The number of carbonyl (C=O) groups excluding carboxylic acids is 1. The van der Waals surface area contributed by atoms with E-state index in [1.54, 1.807) is 44.8 Å². The molecule has 4 rings (SSSR count). The Labute approximate surface area is 257 Å². The zero-order valence-corrected chi connectivity index (χ0v) is 27.5. The van der Waals surface area contributed by atoms with Crippen LogP contribution in [0.3, 0.4) is 0 Å². The van der Waals surface area contributed by atoms with Gasteiger partial charge in [-0.3, -0.25) is 9.36 Å². The number of carbonyl (C=O) groups is 1. The van der Waals surface area contributed by atoms with Crippen LogP contribution in [0.25, 0.3) is 6.08 Å². The van der Waals surface area contributed by atoms with Gasteiger partial charge in [-0.2, -0.15) is 0 Å². The number of methoxy groups -OCH3 is 2. The minimum absolute atomic E-state index is 0.0549. The lowest BCUT2D eigenvalue weighted by molar-refractivity contribution is -0.139. The summed E-state index contributed by atoms with van der Waals surface area (Å²) in [6.07, 6.45) is 1.76. The third-order valence-electron chi connectivity index (χ3n) is 5.91. The molecule has 2 aromatic carbocycles. The number of esters is 1. The molecule has 0 bridgehead atoms. The van der Waals surface area contributed by atoms with Crippen LogP contribution in [0.15, 0.2) is 51.4 Å². The van der Waals surface area contributed by atoms with Gasteiger partial charge in [-0.1, -0.05) is 17.4 Å². The van der Waals surface area contributed by atoms with E-state index in [0.29, 0.717) is 43.4 Å². The Morgan fingerprint density at radius 3 is 2.54 bits per heavy atom. The quantitative estimate of drug-likeness (QED) is 0.242. The predicted octanol–water partition coefficient (Wildman–Crippen LogP) is 4.81. The third kappa shape index (κ3) is 6.04. The number of nitrogens with zero attached hydrogens (tertiary/aromatic N) is 2. The Kier molecular flexibility index (Phi) is 9.42. The lowest BCUT2D eigenvalue weighted by atomic mass is 9.95. The molecule has 39 heavy (non-hydrogen) atoms. The number of benzene rings is 2. The van der Waals surface area contributed by atoms with Gasteiger partial charge in [0.05, 0.1) is 52.3 Å². The van der Waals surface area contributed by atoms with Gasteiger partial charge in [0, 0.05) is 9.13 Å². The second-order valence-corrected chi connectivity index (χ2v) is 12.3. The van der Waals surface area contributed by atoms with Gasteiger partial charge in [0.2, 0.25) is 0 Å². The lowest BCUT2D eigenvalue weighted by Crippen LogP contribution is -2.40.